The van der Waals surface area contributed by atoms with E-state index in [1.54, 1.807) is 0 Å². The number of amides is 1. The van der Waals surface area contributed by atoms with Crippen LogP contribution in [0.2, 0.25) is 0 Å². The molecule has 148 valence electrons. The monoisotopic (exact) mass is 381 g/mol. The average molecular weight is 381 g/mol. The maximum absolute atomic E-state index is 12.3. The van der Waals surface area contributed by atoms with Crippen LogP contribution in [-0.2, 0) is 11.2 Å². The fraction of sp³-hybridized carbons (Fsp3) is 0.391. The van der Waals surface area contributed by atoms with E-state index in [1.807, 2.05) is 48.5 Å². The Morgan fingerprint density at radius 3 is 2.46 bits per heavy atom. The zero-order chi connectivity index (χ0) is 19.9. The molecule has 1 heterocycles. The van der Waals surface area contributed by atoms with E-state index < -0.39 is 0 Å². The fourth-order valence-electron chi connectivity index (χ4n) is 3.15. The van der Waals surface area contributed by atoms with Crippen molar-refractivity contribution in [2.45, 2.75) is 39.2 Å². The van der Waals surface area contributed by atoms with Gasteiger partial charge < -0.3 is 14.8 Å². The number of hydrogen-bond donors (Lipinski definition) is 1. The number of carbonyl (C=O) groups excluding carboxylic acids is 2. The second-order valence-corrected chi connectivity index (χ2v) is 7.52. The number of rotatable bonds is 8. The van der Waals surface area contributed by atoms with Gasteiger partial charge >= 0.3 is 0 Å². The van der Waals surface area contributed by atoms with Crippen LogP contribution in [0.4, 0.5) is 0 Å². The van der Waals surface area contributed by atoms with Gasteiger partial charge in [0.15, 0.2) is 17.3 Å². The van der Waals surface area contributed by atoms with E-state index in [0.717, 1.165) is 12.2 Å². The molecule has 0 fully saturated rings. The Balaban J connectivity index is 1.40. The molecule has 0 unspecified atom stereocenters. The number of nitrogens with one attached hydrogen (secondary N) is 1. The van der Waals surface area contributed by atoms with Crippen LogP contribution in [0.15, 0.2) is 48.5 Å². The molecule has 0 radical (unpaired) electrons. The summed E-state index contributed by atoms with van der Waals surface area (Å²) in [5, 5.41) is 2.82. The fourth-order valence-corrected chi connectivity index (χ4v) is 3.15. The van der Waals surface area contributed by atoms with Crippen LogP contribution < -0.4 is 14.8 Å². The lowest BCUT2D eigenvalue weighted by atomic mass is 9.99. The first-order valence-corrected chi connectivity index (χ1v) is 9.78. The predicted molar refractivity (Wildman–Crippen MR) is 108 cm³/mol. The topological polar surface area (TPSA) is 64.6 Å². The molecule has 0 saturated carbocycles. The summed E-state index contributed by atoms with van der Waals surface area (Å²) in [6.07, 6.45) is 1.12. The first-order valence-electron chi connectivity index (χ1n) is 9.78. The molecular formula is C23H27NO4. The van der Waals surface area contributed by atoms with Crippen molar-refractivity contribution in [3.63, 3.8) is 0 Å². The van der Waals surface area contributed by atoms with Gasteiger partial charge in [-0.3, -0.25) is 9.59 Å². The van der Waals surface area contributed by atoms with Crippen molar-refractivity contribution in [1.82, 2.24) is 5.32 Å². The van der Waals surface area contributed by atoms with Gasteiger partial charge in [0.25, 0.3) is 0 Å². The Bertz CT molecular complexity index is 814. The van der Waals surface area contributed by atoms with Gasteiger partial charge in [0, 0.05) is 18.4 Å². The third kappa shape index (κ3) is 5.59. The number of benzene rings is 2. The quantitative estimate of drug-likeness (QED) is 0.707. The number of ketones is 1. The van der Waals surface area contributed by atoms with Gasteiger partial charge in [0.2, 0.25) is 5.91 Å². The SMILES string of the molecule is CC(C)Cc1ccc(C(=O)CCC(=O)NC[C@@H]2COc3ccccc3O2)cc1. The van der Waals surface area contributed by atoms with E-state index >= 15 is 0 Å². The van der Waals surface area contributed by atoms with Gasteiger partial charge in [-0.25, -0.2) is 0 Å². The Labute approximate surface area is 166 Å². The Morgan fingerprint density at radius 1 is 1.04 bits per heavy atom. The Kier molecular flexibility index (Phi) is 6.69. The summed E-state index contributed by atoms with van der Waals surface area (Å²) >= 11 is 0. The summed E-state index contributed by atoms with van der Waals surface area (Å²) in [4.78, 5) is 24.4. The van der Waals surface area contributed by atoms with Crippen molar-refractivity contribution < 1.29 is 19.1 Å². The van der Waals surface area contributed by atoms with E-state index in [0.29, 0.717) is 30.4 Å². The van der Waals surface area contributed by atoms with Crippen LogP contribution in [0.5, 0.6) is 11.5 Å². The van der Waals surface area contributed by atoms with Crippen molar-refractivity contribution in [3.05, 3.63) is 59.7 Å². The second-order valence-electron chi connectivity index (χ2n) is 7.52. The van der Waals surface area contributed by atoms with E-state index in [4.69, 9.17) is 9.47 Å². The van der Waals surface area contributed by atoms with E-state index in [2.05, 4.69) is 19.2 Å². The van der Waals surface area contributed by atoms with Crippen LogP contribution >= 0.6 is 0 Å². The molecule has 2 aromatic rings. The van der Waals surface area contributed by atoms with Gasteiger partial charge in [-0.15, -0.1) is 0 Å². The van der Waals surface area contributed by atoms with Gasteiger partial charge in [0.05, 0.1) is 6.54 Å². The minimum absolute atomic E-state index is 0.0163. The van der Waals surface area contributed by atoms with Crippen LogP contribution in [-0.4, -0.2) is 30.9 Å². The first kappa shape index (κ1) is 19.9. The summed E-state index contributed by atoms with van der Waals surface area (Å²) in [6, 6.07) is 15.1. The van der Waals surface area contributed by atoms with Crippen molar-refractivity contribution >= 4 is 11.7 Å². The summed E-state index contributed by atoms with van der Waals surface area (Å²) < 4.78 is 11.4. The normalized spacial score (nSPS) is 15.3. The summed E-state index contributed by atoms with van der Waals surface area (Å²) in [7, 11) is 0. The summed E-state index contributed by atoms with van der Waals surface area (Å²) in [5.74, 6) is 1.81. The van der Waals surface area contributed by atoms with Crippen LogP contribution in [0.3, 0.4) is 0 Å². The average Bonchev–Trinajstić information content (AvgIpc) is 2.70. The molecule has 1 atom stereocenters. The molecule has 0 bridgehead atoms. The Morgan fingerprint density at radius 2 is 1.75 bits per heavy atom. The molecule has 5 heteroatoms. The van der Waals surface area contributed by atoms with Crippen molar-refractivity contribution in [2.75, 3.05) is 13.2 Å². The molecule has 0 saturated heterocycles. The third-order valence-electron chi connectivity index (χ3n) is 4.59. The maximum atomic E-state index is 12.3. The van der Waals surface area contributed by atoms with Gasteiger partial charge in [0.1, 0.15) is 12.7 Å². The minimum Gasteiger partial charge on any atom is -0.486 e. The number of fused-ring (bicyclic) bond motifs is 1. The molecule has 1 aliphatic heterocycles. The van der Waals surface area contributed by atoms with Crippen LogP contribution in [0.1, 0.15) is 42.6 Å². The molecule has 1 amide bonds. The lowest BCUT2D eigenvalue weighted by molar-refractivity contribution is -0.121. The molecule has 1 N–H and O–H groups in total. The van der Waals surface area contributed by atoms with Crippen molar-refractivity contribution in [2.24, 2.45) is 5.92 Å². The lowest BCUT2D eigenvalue weighted by Gasteiger charge is -2.26. The minimum atomic E-state index is -0.233. The van der Waals surface area contributed by atoms with Crippen molar-refractivity contribution in [3.8, 4) is 11.5 Å². The maximum Gasteiger partial charge on any atom is 0.220 e. The smallest absolute Gasteiger partial charge is 0.220 e. The highest BCUT2D eigenvalue weighted by atomic mass is 16.6. The highest BCUT2D eigenvalue weighted by Gasteiger charge is 2.21. The van der Waals surface area contributed by atoms with Gasteiger partial charge in [-0.1, -0.05) is 50.2 Å². The van der Waals surface area contributed by atoms with Gasteiger partial charge in [-0.05, 0) is 30.0 Å². The molecule has 3 rings (SSSR count). The second kappa shape index (κ2) is 9.40. The van der Waals surface area contributed by atoms with E-state index in [1.165, 1.54) is 5.56 Å². The van der Waals surface area contributed by atoms with Crippen LogP contribution in [0, 0.1) is 5.92 Å². The molecule has 28 heavy (non-hydrogen) atoms. The first-order chi connectivity index (χ1) is 13.5. The number of ether oxygens (including phenoxy) is 2. The molecular weight excluding hydrogens is 354 g/mol. The summed E-state index contributed by atoms with van der Waals surface area (Å²) in [6.45, 7) is 5.08. The molecule has 0 aromatic heterocycles. The molecule has 0 aliphatic carbocycles. The number of carbonyl (C=O) groups is 2. The zero-order valence-corrected chi connectivity index (χ0v) is 16.4. The lowest BCUT2D eigenvalue weighted by Crippen LogP contribution is -2.40. The predicted octanol–water partition coefficient (Wildman–Crippen LogP) is 3.80. The third-order valence-corrected chi connectivity index (χ3v) is 4.59. The molecule has 1 aliphatic rings. The molecule has 5 nitrogen and oxygen atoms in total. The standard InChI is InChI=1S/C23H27NO4/c1-16(2)13-17-7-9-18(10-8-17)20(25)11-12-23(26)24-14-19-15-27-21-5-3-4-6-22(21)28-19/h3-10,16,19H,11-15H2,1-2H3,(H,24,26)/t19-/m1/s1. The number of hydrogen-bond acceptors (Lipinski definition) is 4. The molecule has 0 spiro atoms. The van der Waals surface area contributed by atoms with Crippen molar-refractivity contribution in [1.29, 1.82) is 0 Å². The van der Waals surface area contributed by atoms with Crippen LogP contribution in [0.25, 0.3) is 0 Å². The van der Waals surface area contributed by atoms with E-state index in [9.17, 15) is 9.59 Å². The highest BCUT2D eigenvalue weighted by Crippen LogP contribution is 2.30. The van der Waals surface area contributed by atoms with Gasteiger partial charge in [-0.2, -0.15) is 0 Å². The Hall–Kier alpha value is -2.82. The number of Topliss-reactive ketones (excluding diaryl/α,β-unsaturated/α-hetero) is 1. The largest absolute Gasteiger partial charge is 0.486 e. The zero-order valence-electron chi connectivity index (χ0n) is 16.4. The highest BCUT2D eigenvalue weighted by molar-refractivity contribution is 5.97. The molecule has 2 aromatic carbocycles. The summed E-state index contributed by atoms with van der Waals surface area (Å²) in [5.41, 5.74) is 1.88. The number of para-hydroxylation sites is 2. The van der Waals surface area contributed by atoms with E-state index in [-0.39, 0.29) is 30.6 Å².